The van der Waals surface area contributed by atoms with Crippen LogP contribution in [0.3, 0.4) is 0 Å². The van der Waals surface area contributed by atoms with E-state index in [0.717, 1.165) is 23.9 Å². The van der Waals surface area contributed by atoms with Crippen LogP contribution in [0.15, 0.2) is 42.5 Å². The summed E-state index contributed by atoms with van der Waals surface area (Å²) in [7, 11) is 3.14. The van der Waals surface area contributed by atoms with E-state index in [2.05, 4.69) is 6.92 Å². The molecule has 0 bridgehead atoms. The number of methoxy groups -OCH3 is 2. The van der Waals surface area contributed by atoms with Crippen LogP contribution in [0.2, 0.25) is 0 Å². The third-order valence-electron chi connectivity index (χ3n) is 5.98. The number of para-hydroxylation sites is 2. The van der Waals surface area contributed by atoms with Gasteiger partial charge in [-0.1, -0.05) is 25.5 Å². The van der Waals surface area contributed by atoms with Crippen LogP contribution in [0.1, 0.15) is 38.3 Å². The van der Waals surface area contributed by atoms with E-state index in [-0.39, 0.29) is 12.5 Å². The lowest BCUT2D eigenvalue weighted by Gasteiger charge is -2.38. The van der Waals surface area contributed by atoms with Crippen LogP contribution < -0.4 is 14.4 Å². The van der Waals surface area contributed by atoms with Crippen LogP contribution >= 0.6 is 0 Å². The first-order chi connectivity index (χ1) is 16.0. The zero-order chi connectivity index (χ0) is 23.5. The standard InChI is InChI=1S/C25H29N3O5/c1-5-7-14-27-23(29)21(24(30)33-6-2)22(17-15-16(31-3)12-13-20(17)32-4)28-19-11-9-8-10-18(19)26-25(27)28/h8-13,15,21-22H,5-7,14H2,1-4H3/t21-,22+/m1/s1. The molecule has 0 aliphatic carbocycles. The van der Waals surface area contributed by atoms with Crippen molar-refractivity contribution in [2.24, 2.45) is 5.92 Å². The molecule has 1 aliphatic rings. The molecule has 2 aromatic carbocycles. The van der Waals surface area contributed by atoms with Crippen LogP contribution in [0.4, 0.5) is 5.95 Å². The van der Waals surface area contributed by atoms with Crippen molar-refractivity contribution in [1.29, 1.82) is 0 Å². The largest absolute Gasteiger partial charge is 0.497 e. The molecule has 2 heterocycles. The average Bonchev–Trinajstić information content (AvgIpc) is 3.21. The minimum absolute atomic E-state index is 0.178. The van der Waals surface area contributed by atoms with Crippen molar-refractivity contribution in [1.82, 2.24) is 9.55 Å². The van der Waals surface area contributed by atoms with E-state index >= 15 is 0 Å². The zero-order valence-electron chi connectivity index (χ0n) is 19.4. The van der Waals surface area contributed by atoms with Gasteiger partial charge in [-0.2, -0.15) is 0 Å². The van der Waals surface area contributed by atoms with Gasteiger partial charge in [0.05, 0.1) is 37.9 Å². The lowest BCUT2D eigenvalue weighted by molar-refractivity contribution is -0.153. The molecule has 8 nitrogen and oxygen atoms in total. The second kappa shape index (κ2) is 9.52. The predicted octanol–water partition coefficient (Wildman–Crippen LogP) is 3.97. The SMILES string of the molecule is CCCCN1C(=O)[C@H](C(=O)OCC)[C@H](c2cc(OC)ccc2OC)n2c1nc1ccccc12. The third-order valence-corrected chi connectivity index (χ3v) is 5.98. The quantitative estimate of drug-likeness (QED) is 0.381. The van der Waals surface area contributed by atoms with Gasteiger partial charge in [0.25, 0.3) is 0 Å². The highest BCUT2D eigenvalue weighted by Gasteiger charge is 2.48. The van der Waals surface area contributed by atoms with Gasteiger partial charge >= 0.3 is 5.97 Å². The smallest absolute Gasteiger partial charge is 0.321 e. The number of ether oxygens (including phenoxy) is 3. The van der Waals surface area contributed by atoms with E-state index in [1.807, 2.05) is 34.9 Å². The summed E-state index contributed by atoms with van der Waals surface area (Å²) < 4.78 is 18.5. The van der Waals surface area contributed by atoms with Crippen LogP contribution in [-0.2, 0) is 14.3 Å². The Labute approximate surface area is 193 Å². The summed E-state index contributed by atoms with van der Waals surface area (Å²) in [5.41, 5.74) is 2.23. The molecule has 174 valence electrons. The maximum Gasteiger partial charge on any atom is 0.321 e. The second-order valence-corrected chi connectivity index (χ2v) is 7.90. The minimum atomic E-state index is -1.09. The van der Waals surface area contributed by atoms with E-state index in [1.165, 1.54) is 0 Å². The van der Waals surface area contributed by atoms with Gasteiger partial charge < -0.3 is 18.8 Å². The van der Waals surface area contributed by atoms with E-state index in [0.29, 0.717) is 29.6 Å². The van der Waals surface area contributed by atoms with Gasteiger partial charge in [-0.25, -0.2) is 4.98 Å². The number of esters is 1. The van der Waals surface area contributed by atoms with Crippen molar-refractivity contribution < 1.29 is 23.8 Å². The first kappa shape index (κ1) is 22.6. The van der Waals surface area contributed by atoms with Crippen molar-refractivity contribution in [2.45, 2.75) is 32.7 Å². The Bertz CT molecular complexity index is 1170. The Morgan fingerprint density at radius 2 is 1.88 bits per heavy atom. The number of imidazole rings is 1. The number of fused-ring (bicyclic) bond motifs is 3. The molecule has 4 rings (SSSR count). The molecule has 0 N–H and O–H groups in total. The number of hydrogen-bond acceptors (Lipinski definition) is 6. The van der Waals surface area contributed by atoms with Gasteiger partial charge in [0.2, 0.25) is 11.9 Å². The molecule has 0 saturated heterocycles. The fourth-order valence-corrected chi connectivity index (χ4v) is 4.42. The lowest BCUT2D eigenvalue weighted by atomic mass is 9.88. The number of unbranched alkanes of at least 4 members (excludes halogenated alkanes) is 1. The molecule has 0 spiro atoms. The summed E-state index contributed by atoms with van der Waals surface area (Å²) in [4.78, 5) is 33.5. The summed E-state index contributed by atoms with van der Waals surface area (Å²) in [6.07, 6.45) is 1.69. The Morgan fingerprint density at radius 1 is 1.09 bits per heavy atom. The molecular weight excluding hydrogens is 422 g/mol. The van der Waals surface area contributed by atoms with Gasteiger partial charge in [-0.15, -0.1) is 0 Å². The number of carbonyl (C=O) groups is 2. The molecule has 1 amide bonds. The Balaban J connectivity index is 2.03. The number of aromatic nitrogens is 2. The van der Waals surface area contributed by atoms with Crippen molar-refractivity contribution in [3.05, 3.63) is 48.0 Å². The molecule has 1 aliphatic heterocycles. The number of rotatable bonds is 8. The molecule has 3 aromatic rings. The summed E-state index contributed by atoms with van der Waals surface area (Å²) in [6, 6.07) is 12.3. The first-order valence-electron chi connectivity index (χ1n) is 11.2. The van der Waals surface area contributed by atoms with Crippen LogP contribution in [0, 0.1) is 5.92 Å². The fraction of sp³-hybridized carbons (Fsp3) is 0.400. The molecule has 1 aromatic heterocycles. The second-order valence-electron chi connectivity index (χ2n) is 7.90. The summed E-state index contributed by atoms with van der Waals surface area (Å²) in [5.74, 6) is -0.311. The monoisotopic (exact) mass is 451 g/mol. The third kappa shape index (κ3) is 3.90. The van der Waals surface area contributed by atoms with Crippen molar-refractivity contribution in [3.8, 4) is 11.5 Å². The van der Waals surface area contributed by atoms with E-state index < -0.39 is 17.9 Å². The highest BCUT2D eigenvalue weighted by Crippen LogP contribution is 2.44. The molecule has 33 heavy (non-hydrogen) atoms. The molecule has 8 heteroatoms. The Hall–Kier alpha value is -3.55. The molecule has 0 fully saturated rings. The molecule has 2 atom stereocenters. The van der Waals surface area contributed by atoms with Crippen LogP contribution in [0.25, 0.3) is 11.0 Å². The number of amides is 1. The number of nitrogens with zero attached hydrogens (tertiary/aromatic N) is 3. The molecule has 0 unspecified atom stereocenters. The minimum Gasteiger partial charge on any atom is -0.497 e. The fourth-order valence-electron chi connectivity index (χ4n) is 4.42. The molecule has 0 saturated carbocycles. The first-order valence-corrected chi connectivity index (χ1v) is 11.2. The number of carbonyl (C=O) groups excluding carboxylic acids is 2. The van der Waals surface area contributed by atoms with E-state index in [1.54, 1.807) is 38.2 Å². The van der Waals surface area contributed by atoms with Gasteiger partial charge in [0.1, 0.15) is 11.5 Å². The van der Waals surface area contributed by atoms with Crippen LogP contribution in [-0.4, -0.2) is 48.8 Å². The summed E-state index contributed by atoms with van der Waals surface area (Å²) >= 11 is 0. The van der Waals surface area contributed by atoms with Gasteiger partial charge in [0.15, 0.2) is 5.92 Å². The van der Waals surface area contributed by atoms with Crippen molar-refractivity contribution >= 4 is 28.9 Å². The normalized spacial score (nSPS) is 17.7. The molecule has 0 radical (unpaired) electrons. The van der Waals surface area contributed by atoms with Crippen LogP contribution in [0.5, 0.6) is 11.5 Å². The van der Waals surface area contributed by atoms with Crippen molar-refractivity contribution in [2.75, 3.05) is 32.3 Å². The Morgan fingerprint density at radius 3 is 2.58 bits per heavy atom. The van der Waals surface area contributed by atoms with Gasteiger partial charge in [0, 0.05) is 12.1 Å². The summed E-state index contributed by atoms with van der Waals surface area (Å²) in [5, 5.41) is 0. The number of anilines is 1. The highest BCUT2D eigenvalue weighted by atomic mass is 16.5. The Kier molecular flexibility index (Phi) is 6.53. The van der Waals surface area contributed by atoms with E-state index in [4.69, 9.17) is 19.2 Å². The predicted molar refractivity (Wildman–Crippen MR) is 125 cm³/mol. The highest BCUT2D eigenvalue weighted by molar-refractivity contribution is 6.08. The maximum atomic E-state index is 13.8. The van der Waals surface area contributed by atoms with Gasteiger partial charge in [-0.3, -0.25) is 14.5 Å². The molecular formula is C25H29N3O5. The topological polar surface area (TPSA) is 82.9 Å². The maximum absolute atomic E-state index is 13.8. The summed E-state index contributed by atoms with van der Waals surface area (Å²) in [6.45, 7) is 4.44. The number of benzene rings is 2. The lowest BCUT2D eigenvalue weighted by Crippen LogP contribution is -2.50. The van der Waals surface area contributed by atoms with E-state index in [9.17, 15) is 9.59 Å². The average molecular weight is 452 g/mol. The zero-order valence-corrected chi connectivity index (χ0v) is 19.4. The van der Waals surface area contributed by atoms with Crippen molar-refractivity contribution in [3.63, 3.8) is 0 Å². The number of hydrogen-bond donors (Lipinski definition) is 0. The van der Waals surface area contributed by atoms with Gasteiger partial charge in [-0.05, 0) is 43.7 Å².